The highest BCUT2D eigenvalue weighted by atomic mass is 35.5. The van der Waals surface area contributed by atoms with Gasteiger partial charge in [0, 0.05) is 32.2 Å². The summed E-state index contributed by atoms with van der Waals surface area (Å²) in [7, 11) is 0. The van der Waals surface area contributed by atoms with Crippen LogP contribution in [0.25, 0.3) is 0 Å². The maximum atomic E-state index is 12.3. The van der Waals surface area contributed by atoms with Crippen LogP contribution in [-0.2, 0) is 20.9 Å². The number of piperidine rings is 1. The van der Waals surface area contributed by atoms with Gasteiger partial charge in [-0.15, -0.1) is 11.6 Å². The summed E-state index contributed by atoms with van der Waals surface area (Å²) in [5.74, 6) is -0.332. The number of hydrogen-bond acceptors (Lipinski definition) is 5. The van der Waals surface area contributed by atoms with Gasteiger partial charge >= 0.3 is 12.2 Å². The van der Waals surface area contributed by atoms with Gasteiger partial charge in [-0.25, -0.2) is 9.59 Å². The van der Waals surface area contributed by atoms with Crippen molar-refractivity contribution in [2.24, 2.45) is 0 Å². The quantitative estimate of drug-likeness (QED) is 0.639. The first-order chi connectivity index (χ1) is 14.7. The smallest absolute Gasteiger partial charge is 0.410 e. The van der Waals surface area contributed by atoms with E-state index in [1.165, 1.54) is 0 Å². The Balaban J connectivity index is 1.78. The Morgan fingerprint density at radius 2 is 1.81 bits per heavy atom. The lowest BCUT2D eigenvalue weighted by Crippen LogP contribution is -2.51. The predicted octanol–water partition coefficient (Wildman–Crippen LogP) is 3.38. The molecule has 0 saturated carbocycles. The summed E-state index contributed by atoms with van der Waals surface area (Å²) in [4.78, 5) is 39.8. The number of nitrogens with zero attached hydrogens (tertiary/aromatic N) is 2. The van der Waals surface area contributed by atoms with Gasteiger partial charge in [-0.05, 0) is 39.2 Å². The van der Waals surface area contributed by atoms with Crippen molar-refractivity contribution in [2.75, 3.05) is 32.1 Å². The third-order valence-corrected chi connectivity index (χ3v) is 5.06. The summed E-state index contributed by atoms with van der Waals surface area (Å²) in [6.45, 7) is 7.24. The van der Waals surface area contributed by atoms with Gasteiger partial charge in [0.1, 0.15) is 18.1 Å². The molecule has 1 aliphatic rings. The average Bonchev–Trinajstić information content (AvgIpc) is 2.74. The molecule has 0 radical (unpaired) electrons. The van der Waals surface area contributed by atoms with Crippen molar-refractivity contribution in [1.29, 1.82) is 0 Å². The van der Waals surface area contributed by atoms with E-state index in [9.17, 15) is 14.4 Å². The highest BCUT2D eigenvalue weighted by molar-refractivity contribution is 6.27. The van der Waals surface area contributed by atoms with Crippen molar-refractivity contribution in [3.63, 3.8) is 0 Å². The van der Waals surface area contributed by atoms with E-state index < -0.39 is 11.7 Å². The Morgan fingerprint density at radius 1 is 1.16 bits per heavy atom. The molecule has 0 spiro atoms. The second-order valence-electron chi connectivity index (χ2n) is 8.41. The first kappa shape index (κ1) is 24.8. The molecule has 0 atom stereocenters. The monoisotopic (exact) mass is 453 g/mol. The zero-order chi connectivity index (χ0) is 22.9. The van der Waals surface area contributed by atoms with Crippen LogP contribution < -0.4 is 5.32 Å². The minimum absolute atomic E-state index is 0.0490. The van der Waals surface area contributed by atoms with Gasteiger partial charge in [0.05, 0.1) is 0 Å². The zero-order valence-electron chi connectivity index (χ0n) is 18.4. The molecule has 0 unspecified atom stereocenters. The third kappa shape index (κ3) is 8.65. The summed E-state index contributed by atoms with van der Waals surface area (Å²) >= 11 is 5.79. The van der Waals surface area contributed by atoms with Crippen molar-refractivity contribution >= 4 is 29.7 Å². The summed E-state index contributed by atoms with van der Waals surface area (Å²) in [6.07, 6.45) is 0.367. The molecular formula is C22H32ClN3O5. The summed E-state index contributed by atoms with van der Waals surface area (Å²) < 4.78 is 10.6. The van der Waals surface area contributed by atoms with E-state index in [1.54, 1.807) is 9.80 Å². The lowest BCUT2D eigenvalue weighted by Gasteiger charge is -2.38. The van der Waals surface area contributed by atoms with Gasteiger partial charge in [-0.3, -0.25) is 4.79 Å². The van der Waals surface area contributed by atoms with E-state index in [-0.39, 0.29) is 37.1 Å². The largest absolute Gasteiger partial charge is 0.445 e. The first-order valence-electron chi connectivity index (χ1n) is 10.5. The molecular weight excluding hydrogens is 422 g/mol. The van der Waals surface area contributed by atoms with Crippen LogP contribution in [0.5, 0.6) is 0 Å². The van der Waals surface area contributed by atoms with E-state index in [4.69, 9.17) is 21.1 Å². The fraction of sp³-hybridized carbons (Fsp3) is 0.591. The normalized spacial score (nSPS) is 14.6. The molecule has 1 aliphatic heterocycles. The van der Waals surface area contributed by atoms with Crippen molar-refractivity contribution in [3.05, 3.63) is 35.9 Å². The van der Waals surface area contributed by atoms with Crippen LogP contribution in [0.4, 0.5) is 9.59 Å². The van der Waals surface area contributed by atoms with Crippen molar-refractivity contribution < 1.29 is 23.9 Å². The minimum Gasteiger partial charge on any atom is -0.445 e. The lowest BCUT2D eigenvalue weighted by molar-refractivity contribution is -0.131. The SMILES string of the molecule is CC(C)(C)OC(=O)N1CCC(N(CCNC(=O)OCc2ccccc2)C(=O)CCl)CC1. The summed E-state index contributed by atoms with van der Waals surface area (Å²) in [6, 6.07) is 9.34. The lowest BCUT2D eigenvalue weighted by atomic mass is 10.0. The standard InChI is InChI=1S/C22H32ClN3O5/c1-22(2,3)31-21(29)25-12-9-18(10-13-25)26(19(27)15-23)14-11-24-20(28)30-16-17-7-5-4-6-8-17/h4-8,18H,9-16H2,1-3H3,(H,24,28). The number of carbonyl (C=O) groups is 3. The molecule has 8 nitrogen and oxygen atoms in total. The maximum Gasteiger partial charge on any atom is 0.410 e. The molecule has 1 saturated heterocycles. The molecule has 1 aromatic rings. The van der Waals surface area contributed by atoms with Gasteiger partial charge < -0.3 is 24.6 Å². The minimum atomic E-state index is -0.546. The highest BCUT2D eigenvalue weighted by Crippen LogP contribution is 2.19. The molecule has 1 N–H and O–H groups in total. The Morgan fingerprint density at radius 3 is 2.39 bits per heavy atom. The number of amides is 3. The molecule has 0 aliphatic carbocycles. The van der Waals surface area contributed by atoms with Gasteiger partial charge in [-0.2, -0.15) is 0 Å². The van der Waals surface area contributed by atoms with E-state index in [0.29, 0.717) is 32.5 Å². The number of halogens is 1. The highest BCUT2D eigenvalue weighted by Gasteiger charge is 2.31. The molecule has 1 fully saturated rings. The topological polar surface area (TPSA) is 88.2 Å². The van der Waals surface area contributed by atoms with Gasteiger partial charge in [0.25, 0.3) is 0 Å². The number of benzene rings is 1. The van der Waals surface area contributed by atoms with Crippen molar-refractivity contribution in [1.82, 2.24) is 15.1 Å². The predicted molar refractivity (Wildman–Crippen MR) is 118 cm³/mol. The third-order valence-electron chi connectivity index (χ3n) is 4.83. The van der Waals surface area contributed by atoms with E-state index >= 15 is 0 Å². The van der Waals surface area contributed by atoms with Gasteiger partial charge in [0.2, 0.25) is 5.91 Å². The molecule has 172 valence electrons. The number of carbonyl (C=O) groups excluding carboxylic acids is 3. The number of likely N-dealkylation sites (tertiary alicyclic amines) is 1. The molecule has 0 aromatic heterocycles. The number of alkyl halides is 1. The number of rotatable bonds is 7. The summed E-state index contributed by atoms with van der Waals surface area (Å²) in [5.41, 5.74) is 0.350. The van der Waals surface area contributed by atoms with Crippen LogP contribution in [0, 0.1) is 0 Å². The molecule has 3 amide bonds. The molecule has 0 bridgehead atoms. The van der Waals surface area contributed by atoms with Crippen molar-refractivity contribution in [2.45, 2.75) is 51.9 Å². The van der Waals surface area contributed by atoms with E-state index in [2.05, 4.69) is 5.32 Å². The number of hydrogen-bond donors (Lipinski definition) is 1. The van der Waals surface area contributed by atoms with E-state index in [0.717, 1.165) is 5.56 Å². The first-order valence-corrected chi connectivity index (χ1v) is 11.0. The number of alkyl carbamates (subject to hydrolysis) is 1. The number of ether oxygens (including phenoxy) is 2. The van der Waals surface area contributed by atoms with Crippen LogP contribution in [0.2, 0.25) is 0 Å². The average molecular weight is 454 g/mol. The Hall–Kier alpha value is -2.48. The second-order valence-corrected chi connectivity index (χ2v) is 8.68. The fourth-order valence-corrected chi connectivity index (χ4v) is 3.48. The van der Waals surface area contributed by atoms with Crippen LogP contribution in [0.15, 0.2) is 30.3 Å². The number of nitrogens with one attached hydrogen (secondary N) is 1. The van der Waals surface area contributed by atoms with Crippen LogP contribution in [0.3, 0.4) is 0 Å². The molecule has 1 aromatic carbocycles. The Labute approximate surface area is 188 Å². The van der Waals surface area contributed by atoms with Gasteiger partial charge in [-0.1, -0.05) is 30.3 Å². The van der Waals surface area contributed by atoms with E-state index in [1.807, 2.05) is 51.1 Å². The Bertz CT molecular complexity index is 730. The van der Waals surface area contributed by atoms with Crippen LogP contribution >= 0.6 is 11.6 Å². The fourth-order valence-electron chi connectivity index (χ4n) is 3.33. The maximum absolute atomic E-state index is 12.3. The van der Waals surface area contributed by atoms with Crippen LogP contribution in [-0.4, -0.2) is 71.6 Å². The Kier molecular flexibility index (Phi) is 9.43. The molecule has 1 heterocycles. The summed E-state index contributed by atoms with van der Waals surface area (Å²) in [5, 5.41) is 2.67. The molecule has 2 rings (SSSR count). The second kappa shape index (κ2) is 11.8. The molecule has 9 heteroatoms. The van der Waals surface area contributed by atoms with Crippen LogP contribution in [0.1, 0.15) is 39.2 Å². The zero-order valence-corrected chi connectivity index (χ0v) is 19.2. The van der Waals surface area contributed by atoms with Crippen molar-refractivity contribution in [3.8, 4) is 0 Å². The molecule has 31 heavy (non-hydrogen) atoms. The van der Waals surface area contributed by atoms with Gasteiger partial charge in [0.15, 0.2) is 0 Å².